The fourth-order valence-corrected chi connectivity index (χ4v) is 2.54. The second-order valence-corrected chi connectivity index (χ2v) is 5.52. The maximum atomic E-state index is 11.2. The Balaban J connectivity index is 2.07. The van der Waals surface area contributed by atoms with Crippen LogP contribution in [0.15, 0.2) is 42.5 Å². The molecular weight excluding hydrogens is 354 g/mol. The van der Waals surface area contributed by atoms with Gasteiger partial charge in [0.2, 0.25) is 5.75 Å². The average Bonchev–Trinajstić information content (AvgIpc) is 2.66. The zero-order chi connectivity index (χ0) is 19.6. The topological polar surface area (TPSA) is 129 Å². The maximum Gasteiger partial charge on any atom is 0.319 e. The number of ether oxygens (including phenoxy) is 1. The Hall–Kier alpha value is -4.01. The van der Waals surface area contributed by atoms with Crippen molar-refractivity contribution in [2.45, 2.75) is 0 Å². The number of rotatable bonds is 5. The number of hydrogen-bond donors (Lipinski definition) is 1. The van der Waals surface area contributed by atoms with Gasteiger partial charge < -0.3 is 9.84 Å². The molecule has 27 heavy (non-hydrogen) atoms. The fourth-order valence-electron chi connectivity index (χ4n) is 2.54. The second kappa shape index (κ2) is 7.08. The van der Waals surface area contributed by atoms with Crippen molar-refractivity contribution in [3.63, 3.8) is 0 Å². The highest BCUT2D eigenvalue weighted by Crippen LogP contribution is 2.39. The molecule has 0 unspecified atom stereocenters. The van der Waals surface area contributed by atoms with Crippen LogP contribution in [0, 0.1) is 20.2 Å². The number of nitro groups is 2. The van der Waals surface area contributed by atoms with E-state index in [1.54, 1.807) is 31.4 Å². The molecule has 9 nitrogen and oxygen atoms in total. The van der Waals surface area contributed by atoms with Gasteiger partial charge in [0.25, 0.3) is 5.69 Å². The number of pyridine rings is 1. The molecule has 1 aromatic heterocycles. The number of nitro benzene ring substituents is 2. The van der Waals surface area contributed by atoms with Gasteiger partial charge in [-0.15, -0.1) is 0 Å². The van der Waals surface area contributed by atoms with Crippen molar-refractivity contribution in [3.05, 3.63) is 74.0 Å². The van der Waals surface area contributed by atoms with Crippen LogP contribution in [0.5, 0.6) is 11.5 Å². The molecule has 1 N–H and O–H groups in total. The molecule has 0 bridgehead atoms. The standard InChI is InChI=1S/C18H13N3O6/c1-27-13-7-3-11(4-8-13)2-5-12-6-9-14-15(20(23)24)10-16(21(25)26)18(22)17(14)19-12/h2-10,22H,1H3/b5-2+. The summed E-state index contributed by atoms with van der Waals surface area (Å²) in [7, 11) is 1.56. The van der Waals surface area contributed by atoms with Gasteiger partial charge in [-0.3, -0.25) is 20.2 Å². The van der Waals surface area contributed by atoms with Crippen LogP contribution >= 0.6 is 0 Å². The minimum absolute atomic E-state index is 0.0182. The van der Waals surface area contributed by atoms with Crippen LogP contribution in [0.3, 0.4) is 0 Å². The Bertz CT molecular complexity index is 1080. The largest absolute Gasteiger partial charge is 0.501 e. The Morgan fingerprint density at radius 2 is 1.67 bits per heavy atom. The summed E-state index contributed by atoms with van der Waals surface area (Å²) in [6.45, 7) is 0. The first-order valence-electron chi connectivity index (χ1n) is 7.68. The summed E-state index contributed by atoms with van der Waals surface area (Å²) < 4.78 is 5.08. The van der Waals surface area contributed by atoms with Crippen molar-refractivity contribution >= 4 is 34.4 Å². The van der Waals surface area contributed by atoms with E-state index in [2.05, 4.69) is 4.98 Å². The number of methoxy groups -OCH3 is 1. The van der Waals surface area contributed by atoms with Gasteiger partial charge in [0.15, 0.2) is 0 Å². The van der Waals surface area contributed by atoms with Crippen LogP contribution in [-0.2, 0) is 0 Å². The summed E-state index contributed by atoms with van der Waals surface area (Å²) in [6, 6.07) is 10.9. The van der Waals surface area contributed by atoms with E-state index in [9.17, 15) is 25.3 Å². The highest BCUT2D eigenvalue weighted by Gasteiger charge is 2.26. The summed E-state index contributed by atoms with van der Waals surface area (Å²) in [4.78, 5) is 24.8. The van der Waals surface area contributed by atoms with E-state index in [1.807, 2.05) is 12.1 Å². The third-order valence-corrected chi connectivity index (χ3v) is 3.89. The Morgan fingerprint density at radius 1 is 1.00 bits per heavy atom. The smallest absolute Gasteiger partial charge is 0.319 e. The molecule has 0 fully saturated rings. The van der Waals surface area contributed by atoms with Gasteiger partial charge in [0.05, 0.1) is 34.1 Å². The normalized spacial score (nSPS) is 11.0. The zero-order valence-corrected chi connectivity index (χ0v) is 14.0. The first-order chi connectivity index (χ1) is 12.9. The van der Waals surface area contributed by atoms with Crippen molar-refractivity contribution in [2.75, 3.05) is 7.11 Å². The van der Waals surface area contributed by atoms with Crippen LogP contribution < -0.4 is 4.74 Å². The third-order valence-electron chi connectivity index (χ3n) is 3.89. The maximum absolute atomic E-state index is 11.2. The summed E-state index contributed by atoms with van der Waals surface area (Å²) in [5, 5.41) is 32.4. The number of non-ortho nitro benzene ring substituents is 1. The number of aromatic nitrogens is 1. The van der Waals surface area contributed by atoms with Crippen molar-refractivity contribution in [1.29, 1.82) is 0 Å². The van der Waals surface area contributed by atoms with Crippen molar-refractivity contribution in [2.24, 2.45) is 0 Å². The molecule has 9 heteroatoms. The predicted molar refractivity (Wildman–Crippen MR) is 98.6 cm³/mol. The monoisotopic (exact) mass is 367 g/mol. The number of phenolic OH excluding ortho intramolecular Hbond substituents is 1. The van der Waals surface area contributed by atoms with Gasteiger partial charge in [0.1, 0.15) is 11.3 Å². The number of fused-ring (bicyclic) bond motifs is 1. The van der Waals surface area contributed by atoms with Crippen molar-refractivity contribution in [1.82, 2.24) is 4.98 Å². The van der Waals surface area contributed by atoms with Crippen LogP contribution in [-0.4, -0.2) is 27.0 Å². The molecule has 1 heterocycles. The fraction of sp³-hybridized carbons (Fsp3) is 0.0556. The van der Waals surface area contributed by atoms with E-state index in [4.69, 9.17) is 4.74 Å². The molecule has 3 rings (SSSR count). The van der Waals surface area contributed by atoms with E-state index in [-0.39, 0.29) is 10.9 Å². The highest BCUT2D eigenvalue weighted by atomic mass is 16.6. The molecule has 2 aromatic carbocycles. The lowest BCUT2D eigenvalue weighted by atomic mass is 10.1. The first kappa shape index (κ1) is 17.8. The molecule has 0 amide bonds. The molecule has 0 radical (unpaired) electrons. The average molecular weight is 367 g/mol. The van der Waals surface area contributed by atoms with Gasteiger partial charge in [0, 0.05) is 0 Å². The quantitative estimate of drug-likeness (QED) is 0.534. The van der Waals surface area contributed by atoms with Gasteiger partial charge in [-0.25, -0.2) is 4.98 Å². The first-order valence-corrected chi connectivity index (χ1v) is 7.68. The highest BCUT2D eigenvalue weighted by molar-refractivity contribution is 5.96. The predicted octanol–water partition coefficient (Wildman–Crippen LogP) is 3.94. The molecule has 136 valence electrons. The molecule has 0 saturated carbocycles. The van der Waals surface area contributed by atoms with Crippen LogP contribution in [0.25, 0.3) is 23.1 Å². The van der Waals surface area contributed by atoms with E-state index in [0.717, 1.165) is 11.6 Å². The zero-order valence-electron chi connectivity index (χ0n) is 14.0. The van der Waals surface area contributed by atoms with E-state index in [0.29, 0.717) is 11.4 Å². The third kappa shape index (κ3) is 3.52. The Kier molecular flexibility index (Phi) is 4.67. The number of aromatic hydroxyl groups is 1. The number of benzene rings is 2. The van der Waals surface area contributed by atoms with Gasteiger partial charge >= 0.3 is 5.69 Å². The van der Waals surface area contributed by atoms with Gasteiger partial charge in [-0.05, 0) is 35.9 Å². The number of nitrogens with zero attached hydrogens (tertiary/aromatic N) is 3. The molecule has 0 spiro atoms. The molecule has 0 aliphatic rings. The number of hydrogen-bond acceptors (Lipinski definition) is 7. The van der Waals surface area contributed by atoms with Crippen molar-refractivity contribution < 1.29 is 19.7 Å². The minimum atomic E-state index is -0.886. The summed E-state index contributed by atoms with van der Waals surface area (Å²) >= 11 is 0. The lowest BCUT2D eigenvalue weighted by molar-refractivity contribution is -0.393. The van der Waals surface area contributed by atoms with E-state index >= 15 is 0 Å². The summed E-state index contributed by atoms with van der Waals surface area (Å²) in [6.07, 6.45) is 3.38. The lowest BCUT2D eigenvalue weighted by Crippen LogP contribution is -1.97. The number of phenols is 1. The van der Waals surface area contributed by atoms with Crippen LogP contribution in [0.2, 0.25) is 0 Å². The SMILES string of the molecule is COc1ccc(/C=C/c2ccc3c([N+](=O)[O-])cc([N+](=O)[O-])c(O)c3n2)cc1. The van der Waals surface area contributed by atoms with Crippen molar-refractivity contribution in [3.8, 4) is 11.5 Å². The molecule has 3 aromatic rings. The molecule has 0 saturated heterocycles. The second-order valence-electron chi connectivity index (χ2n) is 5.52. The summed E-state index contributed by atoms with van der Waals surface area (Å²) in [5.74, 6) is 0.000758. The van der Waals surface area contributed by atoms with Crippen LogP contribution in [0.4, 0.5) is 11.4 Å². The Labute approximate surface area is 152 Å². The van der Waals surface area contributed by atoms with E-state index in [1.165, 1.54) is 12.1 Å². The van der Waals surface area contributed by atoms with Crippen LogP contribution in [0.1, 0.15) is 11.3 Å². The molecular formula is C18H13N3O6. The molecule has 0 aliphatic heterocycles. The summed E-state index contributed by atoms with van der Waals surface area (Å²) in [5.41, 5.74) is -0.228. The Morgan fingerprint density at radius 3 is 2.26 bits per heavy atom. The molecule has 0 aliphatic carbocycles. The lowest BCUT2D eigenvalue weighted by Gasteiger charge is -2.04. The minimum Gasteiger partial charge on any atom is -0.501 e. The van der Waals surface area contributed by atoms with Gasteiger partial charge in [-0.2, -0.15) is 0 Å². The van der Waals surface area contributed by atoms with Gasteiger partial charge in [-0.1, -0.05) is 18.2 Å². The molecule has 0 atom stereocenters. The van der Waals surface area contributed by atoms with E-state index < -0.39 is 27.0 Å².